The molecule has 5 nitrogen and oxygen atoms in total. The van der Waals surface area contributed by atoms with Crippen molar-refractivity contribution in [2.75, 3.05) is 0 Å². The van der Waals surface area contributed by atoms with Gasteiger partial charge in [0.05, 0.1) is 28.7 Å². The quantitative estimate of drug-likeness (QED) is 0.714. The lowest BCUT2D eigenvalue weighted by Crippen LogP contribution is -2.03. The zero-order valence-corrected chi connectivity index (χ0v) is 10.0. The molecule has 3 aromatic rings. The van der Waals surface area contributed by atoms with Gasteiger partial charge >= 0.3 is 0 Å². The summed E-state index contributed by atoms with van der Waals surface area (Å²) >= 11 is 0. The maximum Gasteiger partial charge on any atom is 0.126 e. The van der Waals surface area contributed by atoms with Gasteiger partial charge in [-0.3, -0.25) is 0 Å². The topological polar surface area (TPSA) is 80.5 Å². The van der Waals surface area contributed by atoms with Gasteiger partial charge in [-0.05, 0) is 25.1 Å². The molecule has 0 amide bonds. The van der Waals surface area contributed by atoms with Crippen molar-refractivity contribution in [2.45, 2.75) is 13.5 Å². The maximum absolute atomic E-state index is 5.63. The second-order valence-electron chi connectivity index (χ2n) is 4.13. The zero-order chi connectivity index (χ0) is 12.5. The van der Waals surface area contributed by atoms with Gasteiger partial charge in [0, 0.05) is 12.1 Å². The second-order valence-corrected chi connectivity index (χ2v) is 4.13. The van der Waals surface area contributed by atoms with Crippen LogP contribution in [0.5, 0.6) is 0 Å². The molecule has 0 radical (unpaired) electrons. The highest BCUT2D eigenvalue weighted by molar-refractivity contribution is 5.80. The summed E-state index contributed by atoms with van der Waals surface area (Å²) < 4.78 is 0. The minimum atomic E-state index is 0.419. The van der Waals surface area contributed by atoms with E-state index in [4.69, 9.17) is 5.73 Å². The number of aromatic amines is 1. The van der Waals surface area contributed by atoms with Crippen LogP contribution in [0.25, 0.3) is 22.3 Å². The van der Waals surface area contributed by atoms with Crippen molar-refractivity contribution in [1.29, 1.82) is 0 Å². The van der Waals surface area contributed by atoms with Gasteiger partial charge in [0.2, 0.25) is 0 Å². The number of fused-ring (bicyclic) bond motifs is 1. The third-order valence-corrected chi connectivity index (χ3v) is 2.82. The Morgan fingerprint density at radius 1 is 1.22 bits per heavy atom. The molecule has 0 aliphatic carbocycles. The van der Waals surface area contributed by atoms with Gasteiger partial charge in [-0.25, -0.2) is 15.0 Å². The van der Waals surface area contributed by atoms with Crippen molar-refractivity contribution in [3.05, 3.63) is 42.1 Å². The van der Waals surface area contributed by atoms with E-state index in [1.54, 1.807) is 6.33 Å². The number of H-pyrrole nitrogens is 1. The van der Waals surface area contributed by atoms with Crippen LogP contribution in [0.3, 0.4) is 0 Å². The highest BCUT2D eigenvalue weighted by Crippen LogP contribution is 2.21. The van der Waals surface area contributed by atoms with Crippen molar-refractivity contribution in [2.24, 2.45) is 5.73 Å². The van der Waals surface area contributed by atoms with Crippen molar-refractivity contribution in [3.8, 4) is 11.3 Å². The van der Waals surface area contributed by atoms with E-state index in [0.717, 1.165) is 33.8 Å². The van der Waals surface area contributed by atoms with Crippen molar-refractivity contribution in [1.82, 2.24) is 19.9 Å². The third-order valence-electron chi connectivity index (χ3n) is 2.82. The zero-order valence-electron chi connectivity index (χ0n) is 10.0. The van der Waals surface area contributed by atoms with Crippen molar-refractivity contribution >= 4 is 11.0 Å². The summed E-state index contributed by atoms with van der Waals surface area (Å²) in [5, 5.41) is 0. The fourth-order valence-corrected chi connectivity index (χ4v) is 1.98. The SMILES string of the molecule is Cc1nc(CN)cc(-c2ccc3nc[nH]c3c2)n1. The van der Waals surface area contributed by atoms with Crippen LogP contribution >= 0.6 is 0 Å². The fraction of sp³-hybridized carbons (Fsp3) is 0.154. The predicted octanol–water partition coefficient (Wildman–Crippen LogP) is 1.79. The molecule has 0 atom stereocenters. The van der Waals surface area contributed by atoms with E-state index in [1.165, 1.54) is 0 Å². The Kier molecular flexibility index (Phi) is 2.53. The van der Waals surface area contributed by atoms with E-state index in [2.05, 4.69) is 19.9 Å². The molecule has 0 saturated heterocycles. The van der Waals surface area contributed by atoms with Crippen LogP contribution in [0.1, 0.15) is 11.5 Å². The first-order chi connectivity index (χ1) is 8.76. The van der Waals surface area contributed by atoms with Gasteiger partial charge in [0.1, 0.15) is 5.82 Å². The minimum absolute atomic E-state index is 0.419. The van der Waals surface area contributed by atoms with Gasteiger partial charge in [-0.1, -0.05) is 6.07 Å². The molecule has 5 heteroatoms. The van der Waals surface area contributed by atoms with E-state index >= 15 is 0 Å². The third kappa shape index (κ3) is 1.84. The highest BCUT2D eigenvalue weighted by Gasteiger charge is 2.05. The molecule has 2 heterocycles. The highest BCUT2D eigenvalue weighted by atomic mass is 14.9. The molecule has 3 rings (SSSR count). The lowest BCUT2D eigenvalue weighted by Gasteiger charge is -2.05. The van der Waals surface area contributed by atoms with E-state index in [1.807, 2.05) is 31.2 Å². The molecule has 3 N–H and O–H groups in total. The first-order valence-corrected chi connectivity index (χ1v) is 5.74. The van der Waals surface area contributed by atoms with Gasteiger partial charge in [-0.15, -0.1) is 0 Å². The summed E-state index contributed by atoms with van der Waals surface area (Å²) in [6.07, 6.45) is 1.69. The molecular weight excluding hydrogens is 226 g/mol. The monoisotopic (exact) mass is 239 g/mol. The Morgan fingerprint density at radius 3 is 2.94 bits per heavy atom. The molecule has 90 valence electrons. The summed E-state index contributed by atoms with van der Waals surface area (Å²) in [5.74, 6) is 0.734. The average Bonchev–Trinajstić information content (AvgIpc) is 2.85. The number of rotatable bonds is 2. The van der Waals surface area contributed by atoms with Crippen LogP contribution in [0.4, 0.5) is 0 Å². The second kappa shape index (κ2) is 4.19. The Morgan fingerprint density at radius 2 is 2.11 bits per heavy atom. The Hall–Kier alpha value is -2.27. The molecule has 1 aromatic carbocycles. The van der Waals surface area contributed by atoms with E-state index < -0.39 is 0 Å². The number of aryl methyl sites for hydroxylation is 1. The first kappa shape index (κ1) is 10.9. The van der Waals surface area contributed by atoms with E-state index in [9.17, 15) is 0 Å². The van der Waals surface area contributed by atoms with E-state index in [-0.39, 0.29) is 0 Å². The smallest absolute Gasteiger partial charge is 0.126 e. The number of nitrogens with two attached hydrogens (primary N) is 1. The number of nitrogens with zero attached hydrogens (tertiary/aromatic N) is 3. The standard InChI is InChI=1S/C13H13N5/c1-8-17-10(6-14)5-12(18-8)9-2-3-11-13(4-9)16-7-15-11/h2-5,7H,6,14H2,1H3,(H,15,16). The number of benzene rings is 1. The normalized spacial score (nSPS) is 11.0. The van der Waals surface area contributed by atoms with Gasteiger partial charge < -0.3 is 10.7 Å². The van der Waals surface area contributed by atoms with Gasteiger partial charge in [0.15, 0.2) is 0 Å². The van der Waals surface area contributed by atoms with Crippen LogP contribution in [0.15, 0.2) is 30.6 Å². The molecule has 2 aromatic heterocycles. The van der Waals surface area contributed by atoms with Gasteiger partial charge in [-0.2, -0.15) is 0 Å². The Bertz CT molecular complexity index is 701. The Labute approximate surface area is 104 Å². The van der Waals surface area contributed by atoms with E-state index in [0.29, 0.717) is 6.54 Å². The molecule has 0 fully saturated rings. The van der Waals surface area contributed by atoms with Crippen LogP contribution in [0.2, 0.25) is 0 Å². The van der Waals surface area contributed by atoms with Crippen LogP contribution in [-0.2, 0) is 6.54 Å². The predicted molar refractivity (Wildman–Crippen MR) is 69.7 cm³/mol. The maximum atomic E-state index is 5.63. The number of hydrogen-bond acceptors (Lipinski definition) is 4. The molecule has 0 saturated carbocycles. The minimum Gasteiger partial charge on any atom is -0.345 e. The molecule has 0 aliphatic rings. The summed E-state index contributed by atoms with van der Waals surface area (Å²) in [4.78, 5) is 16.0. The van der Waals surface area contributed by atoms with Crippen LogP contribution in [-0.4, -0.2) is 19.9 Å². The largest absolute Gasteiger partial charge is 0.345 e. The summed E-state index contributed by atoms with van der Waals surface area (Å²) in [6.45, 7) is 2.29. The molecule has 18 heavy (non-hydrogen) atoms. The number of aromatic nitrogens is 4. The lowest BCUT2D eigenvalue weighted by molar-refractivity contribution is 0.929. The number of imidazole rings is 1. The fourth-order valence-electron chi connectivity index (χ4n) is 1.98. The number of nitrogens with one attached hydrogen (secondary N) is 1. The lowest BCUT2D eigenvalue weighted by atomic mass is 10.1. The van der Waals surface area contributed by atoms with Crippen LogP contribution in [0, 0.1) is 6.92 Å². The van der Waals surface area contributed by atoms with Crippen molar-refractivity contribution < 1.29 is 0 Å². The summed E-state index contributed by atoms with van der Waals surface area (Å²) in [5.41, 5.74) is 10.4. The molecule has 0 spiro atoms. The number of hydrogen-bond donors (Lipinski definition) is 2. The molecule has 0 bridgehead atoms. The van der Waals surface area contributed by atoms with Gasteiger partial charge in [0.25, 0.3) is 0 Å². The molecule has 0 unspecified atom stereocenters. The first-order valence-electron chi connectivity index (χ1n) is 5.74. The average molecular weight is 239 g/mol. The van der Waals surface area contributed by atoms with Crippen molar-refractivity contribution in [3.63, 3.8) is 0 Å². The summed E-state index contributed by atoms with van der Waals surface area (Å²) in [7, 11) is 0. The Balaban J connectivity index is 2.15. The molecular formula is C13H13N5. The molecule has 0 aliphatic heterocycles. The van der Waals surface area contributed by atoms with Crippen LogP contribution < -0.4 is 5.73 Å². The summed E-state index contributed by atoms with van der Waals surface area (Å²) in [6, 6.07) is 7.93.